The number of aryl methyl sites for hydroxylation is 1. The largest absolute Gasteiger partial charge is 0.497 e. The quantitative estimate of drug-likeness (QED) is 0.735. The van der Waals surface area contributed by atoms with E-state index in [1.165, 1.54) is 11.1 Å². The third kappa shape index (κ3) is 3.25. The normalized spacial score (nSPS) is 13.4. The molecule has 0 atom stereocenters. The molecule has 0 saturated heterocycles. The van der Waals surface area contributed by atoms with Gasteiger partial charge in [-0.1, -0.05) is 12.1 Å². The minimum Gasteiger partial charge on any atom is -0.497 e. The first kappa shape index (κ1) is 17.5. The van der Waals surface area contributed by atoms with Gasteiger partial charge in [-0.2, -0.15) is 5.10 Å². The molecular weight excluding hydrogens is 338 g/mol. The van der Waals surface area contributed by atoms with E-state index in [0.29, 0.717) is 0 Å². The van der Waals surface area contributed by atoms with E-state index in [-0.39, 0.29) is 0 Å². The maximum atomic E-state index is 5.63. The van der Waals surface area contributed by atoms with Crippen molar-refractivity contribution >= 4 is 5.82 Å². The van der Waals surface area contributed by atoms with E-state index in [4.69, 9.17) is 14.6 Å². The van der Waals surface area contributed by atoms with Crippen molar-refractivity contribution in [1.29, 1.82) is 0 Å². The number of nitrogens with one attached hydrogen (secondary N) is 1. The monoisotopic (exact) mass is 363 g/mol. The van der Waals surface area contributed by atoms with Gasteiger partial charge in [-0.3, -0.25) is 0 Å². The first-order valence-electron chi connectivity index (χ1n) is 9.36. The van der Waals surface area contributed by atoms with Crippen molar-refractivity contribution in [3.8, 4) is 28.4 Å². The van der Waals surface area contributed by atoms with Crippen molar-refractivity contribution in [3.05, 3.63) is 53.6 Å². The summed E-state index contributed by atoms with van der Waals surface area (Å²) in [4.78, 5) is 0. The Hall–Kier alpha value is -2.95. The molecular formula is C22H25N3O2. The van der Waals surface area contributed by atoms with Crippen molar-refractivity contribution in [3.63, 3.8) is 0 Å². The van der Waals surface area contributed by atoms with Crippen LogP contribution in [0.4, 0.5) is 5.82 Å². The van der Waals surface area contributed by atoms with Crippen LogP contribution in [-0.2, 0) is 6.42 Å². The minimum absolute atomic E-state index is 0.797. The number of benzene rings is 2. The van der Waals surface area contributed by atoms with Gasteiger partial charge >= 0.3 is 0 Å². The zero-order valence-corrected chi connectivity index (χ0v) is 16.1. The second-order valence-corrected chi connectivity index (χ2v) is 6.88. The lowest BCUT2D eigenvalue weighted by Gasteiger charge is -2.10. The van der Waals surface area contributed by atoms with E-state index in [1.807, 2.05) is 22.9 Å². The summed E-state index contributed by atoms with van der Waals surface area (Å²) in [6.07, 6.45) is 3.28. The third-order valence-corrected chi connectivity index (χ3v) is 5.04. The molecule has 1 aliphatic heterocycles. The molecule has 140 valence electrons. The number of ether oxygens (including phenoxy) is 2. The van der Waals surface area contributed by atoms with Crippen molar-refractivity contribution in [2.24, 2.45) is 0 Å². The van der Waals surface area contributed by atoms with Crippen LogP contribution in [0.25, 0.3) is 16.9 Å². The van der Waals surface area contributed by atoms with Gasteiger partial charge in [0.05, 0.1) is 19.9 Å². The number of fused-ring (bicyclic) bond motifs is 1. The van der Waals surface area contributed by atoms with E-state index < -0.39 is 0 Å². The summed E-state index contributed by atoms with van der Waals surface area (Å²) in [6.45, 7) is 3.06. The Labute approximate surface area is 159 Å². The molecule has 0 aliphatic carbocycles. The molecule has 5 heteroatoms. The molecule has 0 radical (unpaired) electrons. The minimum atomic E-state index is 0.797. The molecule has 3 aromatic rings. The Morgan fingerprint density at radius 1 is 1.04 bits per heavy atom. The van der Waals surface area contributed by atoms with Gasteiger partial charge < -0.3 is 14.8 Å². The summed E-state index contributed by atoms with van der Waals surface area (Å²) < 4.78 is 13.1. The third-order valence-electron chi connectivity index (χ3n) is 5.04. The molecule has 0 fully saturated rings. The highest BCUT2D eigenvalue weighted by Gasteiger charge is 2.24. The summed E-state index contributed by atoms with van der Waals surface area (Å²) in [5, 5.41) is 8.61. The Balaban J connectivity index is 1.94. The fraction of sp³-hybridized carbons (Fsp3) is 0.318. The van der Waals surface area contributed by atoms with Gasteiger partial charge in [0.2, 0.25) is 0 Å². The fourth-order valence-corrected chi connectivity index (χ4v) is 3.66. The van der Waals surface area contributed by atoms with E-state index >= 15 is 0 Å². The maximum Gasteiger partial charge on any atom is 0.133 e. The van der Waals surface area contributed by atoms with Gasteiger partial charge in [0.15, 0.2) is 0 Å². The van der Waals surface area contributed by atoms with Crippen molar-refractivity contribution < 1.29 is 9.47 Å². The molecule has 0 spiro atoms. The second-order valence-electron chi connectivity index (χ2n) is 6.88. The first-order chi connectivity index (χ1) is 13.2. The summed E-state index contributed by atoms with van der Waals surface area (Å²) >= 11 is 0. The van der Waals surface area contributed by atoms with Crippen LogP contribution >= 0.6 is 0 Å². The average molecular weight is 363 g/mol. The van der Waals surface area contributed by atoms with Gasteiger partial charge in [-0.15, -0.1) is 0 Å². The molecule has 1 aliphatic rings. The molecule has 5 nitrogen and oxygen atoms in total. The fourth-order valence-electron chi connectivity index (χ4n) is 3.66. The van der Waals surface area contributed by atoms with Crippen LogP contribution in [0.1, 0.15) is 24.0 Å². The Kier molecular flexibility index (Phi) is 4.75. The average Bonchev–Trinajstić information content (AvgIpc) is 2.88. The smallest absolute Gasteiger partial charge is 0.133 e. The molecule has 2 aromatic carbocycles. The zero-order chi connectivity index (χ0) is 18.8. The molecule has 1 N–H and O–H groups in total. The summed E-state index contributed by atoms with van der Waals surface area (Å²) in [5.74, 6) is 2.68. The van der Waals surface area contributed by atoms with Gasteiger partial charge in [0.1, 0.15) is 23.0 Å². The van der Waals surface area contributed by atoms with Crippen LogP contribution in [0.5, 0.6) is 11.5 Å². The molecule has 0 unspecified atom stereocenters. The molecule has 4 rings (SSSR count). The molecule has 0 amide bonds. The lowest BCUT2D eigenvalue weighted by Crippen LogP contribution is -2.07. The van der Waals surface area contributed by atoms with E-state index in [9.17, 15) is 0 Å². The van der Waals surface area contributed by atoms with Crippen LogP contribution in [-0.4, -0.2) is 30.5 Å². The molecule has 0 saturated carbocycles. The molecule has 2 heterocycles. The number of hydrogen-bond acceptors (Lipinski definition) is 4. The van der Waals surface area contributed by atoms with Crippen molar-refractivity contribution in [1.82, 2.24) is 9.78 Å². The number of hydrogen-bond donors (Lipinski definition) is 1. The molecule has 1 aromatic heterocycles. The first-order valence-corrected chi connectivity index (χ1v) is 9.36. The van der Waals surface area contributed by atoms with Crippen LogP contribution in [0, 0.1) is 6.92 Å². The van der Waals surface area contributed by atoms with Crippen molar-refractivity contribution in [2.75, 3.05) is 26.1 Å². The van der Waals surface area contributed by atoms with Crippen LogP contribution in [0.3, 0.4) is 0 Å². The second kappa shape index (κ2) is 7.35. The SMILES string of the molecule is COc1ccc(OC)c(-c2nn(-c3cccc(C)c3)c3c2CCCCN3)c1. The summed E-state index contributed by atoms with van der Waals surface area (Å²) in [7, 11) is 3.37. The lowest BCUT2D eigenvalue weighted by molar-refractivity contribution is 0.404. The Bertz CT molecular complexity index is 962. The zero-order valence-electron chi connectivity index (χ0n) is 16.1. The number of nitrogens with zero attached hydrogens (tertiary/aromatic N) is 2. The van der Waals surface area contributed by atoms with Gasteiger partial charge in [0.25, 0.3) is 0 Å². The summed E-state index contributed by atoms with van der Waals surface area (Å²) in [5.41, 5.74) is 5.43. The van der Waals surface area contributed by atoms with E-state index in [2.05, 4.69) is 36.5 Å². The highest BCUT2D eigenvalue weighted by atomic mass is 16.5. The number of methoxy groups -OCH3 is 2. The molecule has 27 heavy (non-hydrogen) atoms. The number of aromatic nitrogens is 2. The van der Waals surface area contributed by atoms with Crippen molar-refractivity contribution in [2.45, 2.75) is 26.2 Å². The van der Waals surface area contributed by atoms with Crippen LogP contribution in [0.2, 0.25) is 0 Å². The van der Waals surface area contributed by atoms with Gasteiger partial charge in [-0.25, -0.2) is 4.68 Å². The van der Waals surface area contributed by atoms with E-state index in [0.717, 1.165) is 60.1 Å². The van der Waals surface area contributed by atoms with E-state index in [1.54, 1.807) is 14.2 Å². The maximum absolute atomic E-state index is 5.63. The Morgan fingerprint density at radius 2 is 1.93 bits per heavy atom. The Morgan fingerprint density at radius 3 is 2.70 bits per heavy atom. The molecule has 0 bridgehead atoms. The summed E-state index contributed by atoms with van der Waals surface area (Å²) in [6, 6.07) is 14.3. The highest BCUT2D eigenvalue weighted by Crippen LogP contribution is 2.39. The predicted molar refractivity (Wildman–Crippen MR) is 108 cm³/mol. The van der Waals surface area contributed by atoms with Crippen LogP contribution < -0.4 is 14.8 Å². The topological polar surface area (TPSA) is 48.3 Å². The lowest BCUT2D eigenvalue weighted by atomic mass is 10.0. The number of rotatable bonds is 4. The highest BCUT2D eigenvalue weighted by molar-refractivity contribution is 5.76. The standard InChI is InChI=1S/C22H25N3O2/c1-15-7-6-8-16(13-15)25-22-18(9-4-5-12-23-22)21(24-25)19-14-17(26-2)10-11-20(19)27-3/h6-8,10-11,13-14,23H,4-5,9,12H2,1-3H3. The van der Waals surface area contributed by atoms with Gasteiger partial charge in [0, 0.05) is 17.7 Å². The number of anilines is 1. The van der Waals surface area contributed by atoms with Gasteiger partial charge in [-0.05, 0) is 62.1 Å². The predicted octanol–water partition coefficient (Wildman–Crippen LogP) is 4.61. The van der Waals surface area contributed by atoms with Crippen LogP contribution in [0.15, 0.2) is 42.5 Å².